The van der Waals surface area contributed by atoms with Gasteiger partial charge in [-0.05, 0) is 32.0 Å². The molecule has 0 aliphatic heterocycles. The summed E-state index contributed by atoms with van der Waals surface area (Å²) in [6.07, 6.45) is 0. The molecular formula is C11H13ClNO3PS. The number of rotatable bonds is 5. The molecule has 0 N–H and O–H groups in total. The van der Waals surface area contributed by atoms with E-state index in [1.807, 2.05) is 0 Å². The van der Waals surface area contributed by atoms with Crippen LogP contribution in [-0.2, 0) is 13.6 Å². The summed E-state index contributed by atoms with van der Waals surface area (Å²) in [6.45, 7) is 4.17. The fraction of sp³-hybridized carbons (Fsp3) is 0.364. The smallest absolute Gasteiger partial charge is 0.304 e. The zero-order valence-electron chi connectivity index (χ0n) is 10.1. The first-order valence-corrected chi connectivity index (χ1v) is 8.28. The Kier molecular flexibility index (Phi) is 4.41. The summed E-state index contributed by atoms with van der Waals surface area (Å²) >= 11 is 7.20. The van der Waals surface area contributed by atoms with Gasteiger partial charge in [0.2, 0.25) is 4.75 Å². The molecule has 0 fully saturated rings. The van der Waals surface area contributed by atoms with Crippen LogP contribution in [-0.4, -0.2) is 18.2 Å². The quantitative estimate of drug-likeness (QED) is 0.787. The summed E-state index contributed by atoms with van der Waals surface area (Å²) in [4.78, 5) is 4.31. The third kappa shape index (κ3) is 2.76. The molecule has 2 rings (SSSR count). The Bertz CT molecular complexity index is 591. The number of benzene rings is 1. The molecule has 7 heteroatoms. The summed E-state index contributed by atoms with van der Waals surface area (Å²) in [7, 11) is -3.29. The van der Waals surface area contributed by atoms with Gasteiger partial charge in [-0.2, -0.15) is 0 Å². The van der Waals surface area contributed by atoms with Crippen molar-refractivity contribution in [2.75, 3.05) is 13.2 Å². The first-order chi connectivity index (χ1) is 8.59. The average molecular weight is 306 g/mol. The van der Waals surface area contributed by atoms with E-state index in [1.165, 1.54) is 11.3 Å². The van der Waals surface area contributed by atoms with Crippen LogP contribution in [0.2, 0.25) is 5.02 Å². The molecule has 0 unspecified atom stereocenters. The van der Waals surface area contributed by atoms with E-state index in [0.29, 0.717) is 23.0 Å². The Morgan fingerprint density at radius 1 is 1.33 bits per heavy atom. The predicted molar refractivity (Wildman–Crippen MR) is 75.1 cm³/mol. The van der Waals surface area contributed by atoms with Crippen LogP contribution in [0, 0.1) is 0 Å². The molecule has 0 spiro atoms. The van der Waals surface area contributed by atoms with Crippen molar-refractivity contribution in [3.8, 4) is 0 Å². The molecular weight excluding hydrogens is 293 g/mol. The molecule has 0 saturated heterocycles. The standard InChI is InChI=1S/C11H13ClNO3PS/c1-3-15-17(14,16-4-2)11-13-9-6-5-8(12)7-10(9)18-11/h5-7H,3-4H2,1-2H3. The fourth-order valence-electron chi connectivity index (χ4n) is 1.49. The topological polar surface area (TPSA) is 48.4 Å². The third-order valence-electron chi connectivity index (χ3n) is 2.17. The molecule has 0 aliphatic rings. The Balaban J connectivity index is 2.48. The van der Waals surface area contributed by atoms with E-state index >= 15 is 0 Å². The Morgan fingerprint density at radius 2 is 2.00 bits per heavy atom. The van der Waals surface area contributed by atoms with Crippen LogP contribution in [0.1, 0.15) is 13.8 Å². The van der Waals surface area contributed by atoms with Crippen LogP contribution in [0.15, 0.2) is 18.2 Å². The number of hydrogen-bond donors (Lipinski definition) is 0. The largest absolute Gasteiger partial charge is 0.389 e. The van der Waals surface area contributed by atoms with Gasteiger partial charge >= 0.3 is 7.60 Å². The first kappa shape index (κ1) is 14.0. The molecule has 0 bridgehead atoms. The highest BCUT2D eigenvalue weighted by Crippen LogP contribution is 2.48. The highest BCUT2D eigenvalue weighted by molar-refractivity contribution is 7.69. The van der Waals surface area contributed by atoms with Gasteiger partial charge < -0.3 is 9.05 Å². The molecule has 4 nitrogen and oxygen atoms in total. The molecule has 1 heterocycles. The van der Waals surface area contributed by atoms with Crippen molar-refractivity contribution in [1.82, 2.24) is 4.98 Å². The highest BCUT2D eigenvalue weighted by Gasteiger charge is 2.30. The zero-order valence-corrected chi connectivity index (χ0v) is 12.5. The van der Waals surface area contributed by atoms with Crippen molar-refractivity contribution < 1.29 is 13.6 Å². The SMILES string of the molecule is CCOP(=O)(OCC)c1nc2ccc(Cl)cc2s1. The second-order valence-electron chi connectivity index (χ2n) is 3.44. The normalized spacial score (nSPS) is 12.2. The maximum atomic E-state index is 12.5. The second kappa shape index (κ2) is 5.68. The number of thiazole rings is 1. The Morgan fingerprint density at radius 3 is 2.61 bits per heavy atom. The lowest BCUT2D eigenvalue weighted by Gasteiger charge is -2.13. The van der Waals surface area contributed by atoms with E-state index in [4.69, 9.17) is 20.6 Å². The molecule has 0 saturated carbocycles. The van der Waals surface area contributed by atoms with E-state index in [0.717, 1.165) is 10.2 Å². The predicted octanol–water partition coefficient (Wildman–Crippen LogP) is 3.84. The number of fused-ring (bicyclic) bond motifs is 1. The average Bonchev–Trinajstić information content (AvgIpc) is 2.73. The zero-order chi connectivity index (χ0) is 13.2. The van der Waals surface area contributed by atoms with Gasteiger partial charge in [0.1, 0.15) is 0 Å². The summed E-state index contributed by atoms with van der Waals surface area (Å²) < 4.78 is 24.3. The molecule has 0 radical (unpaired) electrons. The molecule has 0 amide bonds. The minimum Gasteiger partial charge on any atom is -0.304 e. The Hall–Kier alpha value is -0.450. The number of halogens is 1. The van der Waals surface area contributed by atoms with Gasteiger partial charge in [-0.1, -0.05) is 11.6 Å². The van der Waals surface area contributed by atoms with Gasteiger partial charge in [-0.15, -0.1) is 11.3 Å². The number of nitrogens with zero attached hydrogens (tertiary/aromatic N) is 1. The lowest BCUT2D eigenvalue weighted by Crippen LogP contribution is -2.09. The number of aromatic nitrogens is 1. The van der Waals surface area contributed by atoms with Crippen LogP contribution in [0.3, 0.4) is 0 Å². The van der Waals surface area contributed by atoms with Crippen molar-refractivity contribution >= 4 is 45.5 Å². The van der Waals surface area contributed by atoms with Gasteiger partial charge in [0.05, 0.1) is 23.4 Å². The van der Waals surface area contributed by atoms with Gasteiger partial charge in [0.25, 0.3) is 0 Å². The summed E-state index contributed by atoms with van der Waals surface area (Å²) in [6, 6.07) is 5.33. The second-order valence-corrected chi connectivity index (χ2v) is 7.15. The van der Waals surface area contributed by atoms with E-state index in [9.17, 15) is 4.57 Å². The van der Waals surface area contributed by atoms with Gasteiger partial charge in [0.15, 0.2) is 0 Å². The molecule has 1 aromatic carbocycles. The van der Waals surface area contributed by atoms with Crippen molar-refractivity contribution in [3.05, 3.63) is 23.2 Å². The van der Waals surface area contributed by atoms with Crippen molar-refractivity contribution in [2.24, 2.45) is 0 Å². The maximum Gasteiger partial charge on any atom is 0.389 e. The van der Waals surface area contributed by atoms with E-state index < -0.39 is 7.60 Å². The first-order valence-electron chi connectivity index (χ1n) is 5.55. The summed E-state index contributed by atoms with van der Waals surface area (Å²) in [5.74, 6) is 0. The van der Waals surface area contributed by atoms with Crippen LogP contribution >= 0.6 is 30.5 Å². The van der Waals surface area contributed by atoms with Crippen LogP contribution in [0.5, 0.6) is 0 Å². The fourth-order valence-corrected chi connectivity index (χ4v) is 4.74. The molecule has 1 aromatic heterocycles. The molecule has 0 atom stereocenters. The Labute approximate surface area is 114 Å². The minimum atomic E-state index is -3.29. The molecule has 98 valence electrons. The lowest BCUT2D eigenvalue weighted by atomic mass is 10.3. The molecule has 18 heavy (non-hydrogen) atoms. The van der Waals surface area contributed by atoms with Crippen LogP contribution < -0.4 is 4.75 Å². The van der Waals surface area contributed by atoms with E-state index in [1.54, 1.807) is 32.0 Å². The maximum absolute atomic E-state index is 12.5. The lowest BCUT2D eigenvalue weighted by molar-refractivity contribution is 0.230. The van der Waals surface area contributed by atoms with Crippen LogP contribution in [0.25, 0.3) is 10.2 Å². The van der Waals surface area contributed by atoms with Crippen LogP contribution in [0.4, 0.5) is 0 Å². The van der Waals surface area contributed by atoms with Gasteiger partial charge in [-0.3, -0.25) is 4.57 Å². The third-order valence-corrected chi connectivity index (χ3v) is 5.94. The van der Waals surface area contributed by atoms with E-state index in [2.05, 4.69) is 4.98 Å². The number of hydrogen-bond acceptors (Lipinski definition) is 5. The molecule has 2 aromatic rings. The van der Waals surface area contributed by atoms with Crippen molar-refractivity contribution in [3.63, 3.8) is 0 Å². The monoisotopic (exact) mass is 305 g/mol. The van der Waals surface area contributed by atoms with Gasteiger partial charge in [-0.25, -0.2) is 4.98 Å². The highest BCUT2D eigenvalue weighted by atomic mass is 35.5. The summed E-state index contributed by atoms with van der Waals surface area (Å²) in [5.41, 5.74) is 0.749. The molecule has 0 aliphatic carbocycles. The van der Waals surface area contributed by atoms with E-state index in [-0.39, 0.29) is 0 Å². The van der Waals surface area contributed by atoms with Gasteiger partial charge in [0, 0.05) is 5.02 Å². The van der Waals surface area contributed by atoms with Crippen molar-refractivity contribution in [1.29, 1.82) is 0 Å². The van der Waals surface area contributed by atoms with Crippen molar-refractivity contribution in [2.45, 2.75) is 13.8 Å². The minimum absolute atomic E-state index is 0.313. The summed E-state index contributed by atoms with van der Waals surface area (Å²) in [5, 5.41) is 0.625.